The van der Waals surface area contributed by atoms with E-state index < -0.39 is 0 Å². The molecule has 0 amide bonds. The van der Waals surface area contributed by atoms with Gasteiger partial charge in [-0.05, 0) is 17.7 Å². The number of aromatic nitrogens is 1. The number of benzene rings is 1. The summed E-state index contributed by atoms with van der Waals surface area (Å²) in [5.74, 6) is 0.0328. The average molecular weight is 178 g/mol. The van der Waals surface area contributed by atoms with Gasteiger partial charge in [0.25, 0.3) is 0 Å². The highest BCUT2D eigenvalue weighted by atomic mass is 19.1. The van der Waals surface area contributed by atoms with E-state index in [4.69, 9.17) is 5.73 Å². The Morgan fingerprint density at radius 3 is 2.46 bits per heavy atom. The largest absolute Gasteiger partial charge is 0.380 e. The minimum absolute atomic E-state index is 0.279. The van der Waals surface area contributed by atoms with E-state index in [-0.39, 0.29) is 5.82 Å². The van der Waals surface area contributed by atoms with Crippen molar-refractivity contribution in [2.24, 2.45) is 0 Å². The second-order valence-electron chi connectivity index (χ2n) is 2.62. The molecule has 4 heteroatoms. The topological polar surface area (TPSA) is 52.0 Å². The van der Waals surface area contributed by atoms with Gasteiger partial charge in [0.15, 0.2) is 5.82 Å². The van der Waals surface area contributed by atoms with Crippen LogP contribution in [0.4, 0.5) is 10.2 Å². The minimum atomic E-state index is -0.279. The summed E-state index contributed by atoms with van der Waals surface area (Å²) in [7, 11) is 0. The molecule has 0 spiro atoms. The van der Waals surface area contributed by atoms with Crippen LogP contribution in [0.5, 0.6) is 0 Å². The summed E-state index contributed by atoms with van der Waals surface area (Å²) >= 11 is 0. The zero-order valence-corrected chi connectivity index (χ0v) is 6.70. The summed E-state index contributed by atoms with van der Waals surface area (Å²) in [6.45, 7) is 0. The first-order valence-electron chi connectivity index (χ1n) is 3.73. The monoisotopic (exact) mass is 178 g/mol. The molecule has 0 unspecified atom stereocenters. The molecule has 1 aromatic carbocycles. The second kappa shape index (κ2) is 2.90. The summed E-state index contributed by atoms with van der Waals surface area (Å²) in [6, 6.07) is 5.97. The lowest BCUT2D eigenvalue weighted by Crippen LogP contribution is -1.87. The smallest absolute Gasteiger partial charge is 0.174 e. The van der Waals surface area contributed by atoms with Gasteiger partial charge in [-0.2, -0.15) is 0 Å². The highest BCUT2D eigenvalue weighted by Gasteiger charge is 2.05. The third-order valence-electron chi connectivity index (χ3n) is 1.75. The van der Waals surface area contributed by atoms with Crippen LogP contribution in [0.2, 0.25) is 0 Å². The van der Waals surface area contributed by atoms with Crippen molar-refractivity contribution in [2.45, 2.75) is 0 Å². The molecule has 0 aliphatic heterocycles. The molecule has 1 heterocycles. The van der Waals surface area contributed by atoms with E-state index in [1.807, 2.05) is 0 Å². The quantitative estimate of drug-likeness (QED) is 0.727. The number of hydrogen-bond acceptors (Lipinski definition) is 3. The second-order valence-corrected chi connectivity index (χ2v) is 2.62. The molecule has 3 nitrogen and oxygen atoms in total. The zero-order valence-electron chi connectivity index (χ0n) is 6.70. The normalized spacial score (nSPS) is 10.2. The Kier molecular flexibility index (Phi) is 1.73. The Hall–Kier alpha value is -1.84. The van der Waals surface area contributed by atoms with Crippen molar-refractivity contribution in [3.05, 3.63) is 36.3 Å². The number of nitrogen functional groups attached to an aromatic ring is 1. The van der Waals surface area contributed by atoms with Gasteiger partial charge in [0.05, 0.1) is 5.56 Å². The Bertz CT molecular complexity index is 408. The molecule has 2 aromatic rings. The van der Waals surface area contributed by atoms with Crippen LogP contribution in [0.1, 0.15) is 0 Å². The molecule has 13 heavy (non-hydrogen) atoms. The number of nitrogens with zero attached hydrogens (tertiary/aromatic N) is 1. The summed E-state index contributed by atoms with van der Waals surface area (Å²) in [5, 5.41) is 3.52. The van der Waals surface area contributed by atoms with Crippen LogP contribution < -0.4 is 5.73 Å². The van der Waals surface area contributed by atoms with Crippen molar-refractivity contribution >= 4 is 5.82 Å². The molecular formula is C9H7FN2O. The van der Waals surface area contributed by atoms with Gasteiger partial charge in [-0.15, -0.1) is 0 Å². The van der Waals surface area contributed by atoms with Gasteiger partial charge in [0.2, 0.25) is 0 Å². The molecule has 2 N–H and O–H groups in total. The van der Waals surface area contributed by atoms with E-state index in [1.54, 1.807) is 12.1 Å². The predicted molar refractivity (Wildman–Crippen MR) is 46.3 cm³/mol. The minimum Gasteiger partial charge on any atom is -0.380 e. The van der Waals surface area contributed by atoms with Crippen molar-refractivity contribution in [2.75, 3.05) is 5.73 Å². The number of nitrogens with two attached hydrogens (primary N) is 1. The van der Waals surface area contributed by atoms with Crippen molar-refractivity contribution in [1.82, 2.24) is 5.16 Å². The van der Waals surface area contributed by atoms with Crippen LogP contribution in [0, 0.1) is 5.82 Å². The van der Waals surface area contributed by atoms with E-state index in [9.17, 15) is 4.39 Å². The fourth-order valence-corrected chi connectivity index (χ4v) is 1.09. The molecule has 0 aliphatic rings. The first-order chi connectivity index (χ1) is 6.27. The van der Waals surface area contributed by atoms with E-state index in [0.717, 1.165) is 5.56 Å². The van der Waals surface area contributed by atoms with Gasteiger partial charge >= 0.3 is 0 Å². The standard InChI is InChI=1S/C9H7FN2O/c10-7-3-1-6(2-4-7)8-5-13-12-9(8)11/h1-5H,(H2,11,12). The SMILES string of the molecule is Nc1nocc1-c1ccc(F)cc1. The van der Waals surface area contributed by atoms with Crippen LogP contribution in [-0.2, 0) is 0 Å². The van der Waals surface area contributed by atoms with Crippen LogP contribution in [0.25, 0.3) is 11.1 Å². The van der Waals surface area contributed by atoms with Crippen LogP contribution in [0.15, 0.2) is 35.1 Å². The first-order valence-corrected chi connectivity index (χ1v) is 3.73. The van der Waals surface area contributed by atoms with Gasteiger partial charge in [-0.25, -0.2) is 4.39 Å². The molecule has 1 aromatic heterocycles. The highest BCUT2D eigenvalue weighted by molar-refractivity contribution is 5.72. The van der Waals surface area contributed by atoms with Gasteiger partial charge in [-0.1, -0.05) is 17.3 Å². The first kappa shape index (κ1) is 7.79. The molecule has 0 bridgehead atoms. The maximum atomic E-state index is 12.6. The molecule has 66 valence electrons. The van der Waals surface area contributed by atoms with E-state index in [0.29, 0.717) is 11.4 Å². The highest BCUT2D eigenvalue weighted by Crippen LogP contribution is 2.24. The van der Waals surface area contributed by atoms with Crippen molar-refractivity contribution in [3.8, 4) is 11.1 Å². The van der Waals surface area contributed by atoms with E-state index in [1.165, 1.54) is 18.4 Å². The van der Waals surface area contributed by atoms with Gasteiger partial charge in [0, 0.05) is 0 Å². The Balaban J connectivity index is 2.47. The van der Waals surface area contributed by atoms with Crippen molar-refractivity contribution in [3.63, 3.8) is 0 Å². The Morgan fingerprint density at radius 2 is 1.92 bits per heavy atom. The predicted octanol–water partition coefficient (Wildman–Crippen LogP) is 2.06. The molecule has 0 radical (unpaired) electrons. The zero-order chi connectivity index (χ0) is 9.26. The van der Waals surface area contributed by atoms with Gasteiger partial charge < -0.3 is 10.3 Å². The molecule has 2 rings (SSSR count). The van der Waals surface area contributed by atoms with E-state index in [2.05, 4.69) is 9.68 Å². The summed E-state index contributed by atoms with van der Waals surface area (Å²) < 4.78 is 17.2. The fourth-order valence-electron chi connectivity index (χ4n) is 1.09. The molecule has 0 aliphatic carbocycles. The van der Waals surface area contributed by atoms with Gasteiger partial charge in [-0.3, -0.25) is 0 Å². The lowest BCUT2D eigenvalue weighted by molar-refractivity contribution is 0.423. The van der Waals surface area contributed by atoms with Crippen LogP contribution >= 0.6 is 0 Å². The molecular weight excluding hydrogens is 171 g/mol. The van der Waals surface area contributed by atoms with Crippen LogP contribution in [-0.4, -0.2) is 5.16 Å². The number of halogens is 1. The Labute approximate surface area is 74.0 Å². The maximum Gasteiger partial charge on any atom is 0.174 e. The summed E-state index contributed by atoms with van der Waals surface area (Å²) in [6.07, 6.45) is 1.43. The molecule has 0 atom stereocenters. The number of hydrogen-bond donors (Lipinski definition) is 1. The molecule has 0 saturated carbocycles. The van der Waals surface area contributed by atoms with E-state index >= 15 is 0 Å². The fraction of sp³-hybridized carbons (Fsp3) is 0. The summed E-state index contributed by atoms with van der Waals surface area (Å²) in [4.78, 5) is 0. The Morgan fingerprint density at radius 1 is 1.23 bits per heavy atom. The third kappa shape index (κ3) is 1.38. The lowest BCUT2D eigenvalue weighted by atomic mass is 10.1. The number of anilines is 1. The lowest BCUT2D eigenvalue weighted by Gasteiger charge is -1.96. The van der Waals surface area contributed by atoms with Crippen molar-refractivity contribution in [1.29, 1.82) is 0 Å². The van der Waals surface area contributed by atoms with Crippen LogP contribution in [0.3, 0.4) is 0 Å². The number of rotatable bonds is 1. The third-order valence-corrected chi connectivity index (χ3v) is 1.75. The van der Waals surface area contributed by atoms with Crippen molar-refractivity contribution < 1.29 is 8.91 Å². The summed E-state index contributed by atoms with van der Waals surface area (Å²) in [5.41, 5.74) is 6.98. The molecule has 0 fully saturated rings. The maximum absolute atomic E-state index is 12.6. The average Bonchev–Trinajstić information content (AvgIpc) is 2.53. The molecule has 0 saturated heterocycles. The van der Waals surface area contributed by atoms with Gasteiger partial charge in [0.1, 0.15) is 12.1 Å².